The lowest BCUT2D eigenvalue weighted by atomic mass is 10.1. The molecule has 1 heterocycles. The van der Waals surface area contributed by atoms with Crippen LogP contribution in [0.3, 0.4) is 0 Å². The highest BCUT2D eigenvalue weighted by molar-refractivity contribution is 4.70. The second kappa shape index (κ2) is 7.21. The van der Waals surface area contributed by atoms with Gasteiger partial charge >= 0.3 is 0 Å². The van der Waals surface area contributed by atoms with Crippen LogP contribution in [0, 0.1) is 5.92 Å². The van der Waals surface area contributed by atoms with E-state index in [9.17, 15) is 0 Å². The van der Waals surface area contributed by atoms with Crippen LogP contribution in [0.1, 0.15) is 26.7 Å². The zero-order valence-electron chi connectivity index (χ0n) is 9.51. The van der Waals surface area contributed by atoms with Crippen molar-refractivity contribution in [2.45, 2.75) is 32.7 Å². The van der Waals surface area contributed by atoms with Crippen molar-refractivity contribution in [3.63, 3.8) is 0 Å². The van der Waals surface area contributed by atoms with Gasteiger partial charge < -0.3 is 15.4 Å². The molecule has 1 fully saturated rings. The molecule has 1 unspecified atom stereocenters. The Bertz CT molecular complexity index is 133. The molecular formula is C11H24N2O. The second-order valence-electron chi connectivity index (χ2n) is 4.45. The molecule has 14 heavy (non-hydrogen) atoms. The summed E-state index contributed by atoms with van der Waals surface area (Å²) in [5, 5.41) is 6.92. The lowest BCUT2D eigenvalue weighted by Crippen LogP contribution is -2.42. The summed E-state index contributed by atoms with van der Waals surface area (Å²) >= 11 is 0. The molecule has 0 aliphatic carbocycles. The molecule has 3 nitrogen and oxygen atoms in total. The summed E-state index contributed by atoms with van der Waals surface area (Å²) in [5.74, 6) is 0.804. The molecule has 0 amide bonds. The Kier molecular flexibility index (Phi) is 6.15. The topological polar surface area (TPSA) is 33.3 Å². The number of hydrogen-bond donors (Lipinski definition) is 2. The van der Waals surface area contributed by atoms with Crippen LogP contribution in [-0.4, -0.2) is 38.9 Å². The fourth-order valence-electron chi connectivity index (χ4n) is 1.60. The van der Waals surface area contributed by atoms with E-state index < -0.39 is 0 Å². The van der Waals surface area contributed by atoms with Gasteiger partial charge in [0.05, 0.1) is 13.2 Å². The summed E-state index contributed by atoms with van der Waals surface area (Å²) < 4.78 is 5.39. The van der Waals surface area contributed by atoms with Gasteiger partial charge in [-0.1, -0.05) is 13.8 Å². The van der Waals surface area contributed by atoms with Gasteiger partial charge in [0.2, 0.25) is 0 Å². The first-order chi connectivity index (χ1) is 6.79. The van der Waals surface area contributed by atoms with Gasteiger partial charge in [-0.15, -0.1) is 0 Å². The molecule has 1 aliphatic heterocycles. The van der Waals surface area contributed by atoms with Gasteiger partial charge in [0.25, 0.3) is 0 Å². The SMILES string of the molecule is CC(C)CCNCCC1COCCN1. The van der Waals surface area contributed by atoms with Gasteiger partial charge in [0.1, 0.15) is 0 Å². The molecule has 1 rings (SSSR count). The van der Waals surface area contributed by atoms with Crippen LogP contribution >= 0.6 is 0 Å². The summed E-state index contributed by atoms with van der Waals surface area (Å²) in [7, 11) is 0. The molecule has 0 aromatic carbocycles. The van der Waals surface area contributed by atoms with Crippen LogP contribution in [0.25, 0.3) is 0 Å². The minimum atomic E-state index is 0.565. The predicted molar refractivity (Wildman–Crippen MR) is 59.6 cm³/mol. The standard InChI is InChI=1S/C11H24N2O/c1-10(2)3-5-12-6-4-11-9-14-8-7-13-11/h10-13H,3-9H2,1-2H3. The van der Waals surface area contributed by atoms with Crippen molar-refractivity contribution in [3.8, 4) is 0 Å². The average molecular weight is 200 g/mol. The largest absolute Gasteiger partial charge is 0.379 e. The predicted octanol–water partition coefficient (Wildman–Crippen LogP) is 1.00. The van der Waals surface area contributed by atoms with Crippen LogP contribution in [0.15, 0.2) is 0 Å². The van der Waals surface area contributed by atoms with Crippen molar-refractivity contribution in [1.82, 2.24) is 10.6 Å². The molecule has 0 bridgehead atoms. The summed E-state index contributed by atoms with van der Waals surface area (Å²) in [6.07, 6.45) is 2.45. The first-order valence-corrected chi connectivity index (χ1v) is 5.81. The molecule has 1 aliphatic rings. The molecule has 1 saturated heterocycles. The Balaban J connectivity index is 1.87. The highest BCUT2D eigenvalue weighted by atomic mass is 16.5. The van der Waals surface area contributed by atoms with Gasteiger partial charge in [0, 0.05) is 12.6 Å². The molecule has 1 atom stereocenters. The highest BCUT2D eigenvalue weighted by Gasteiger charge is 2.11. The van der Waals surface area contributed by atoms with Gasteiger partial charge in [-0.2, -0.15) is 0 Å². The third-order valence-electron chi connectivity index (χ3n) is 2.57. The van der Waals surface area contributed by atoms with Crippen molar-refractivity contribution >= 4 is 0 Å². The third-order valence-corrected chi connectivity index (χ3v) is 2.57. The van der Waals surface area contributed by atoms with Crippen LogP contribution in [0.2, 0.25) is 0 Å². The van der Waals surface area contributed by atoms with E-state index in [4.69, 9.17) is 4.74 Å². The maximum Gasteiger partial charge on any atom is 0.0620 e. The zero-order valence-corrected chi connectivity index (χ0v) is 9.51. The van der Waals surface area contributed by atoms with E-state index >= 15 is 0 Å². The fourth-order valence-corrected chi connectivity index (χ4v) is 1.60. The third kappa shape index (κ3) is 5.58. The first kappa shape index (κ1) is 12.0. The highest BCUT2D eigenvalue weighted by Crippen LogP contribution is 1.98. The van der Waals surface area contributed by atoms with E-state index in [-0.39, 0.29) is 0 Å². The monoisotopic (exact) mass is 200 g/mol. The number of nitrogens with one attached hydrogen (secondary N) is 2. The molecule has 0 spiro atoms. The van der Waals surface area contributed by atoms with Crippen LogP contribution < -0.4 is 10.6 Å². The van der Waals surface area contributed by atoms with Crippen molar-refractivity contribution in [3.05, 3.63) is 0 Å². The Labute approximate surface area is 87.6 Å². The second-order valence-corrected chi connectivity index (χ2v) is 4.45. The average Bonchev–Trinajstić information content (AvgIpc) is 2.18. The first-order valence-electron chi connectivity index (χ1n) is 5.81. The maximum absolute atomic E-state index is 5.39. The molecule has 2 N–H and O–H groups in total. The quantitative estimate of drug-likeness (QED) is 0.628. The van der Waals surface area contributed by atoms with E-state index in [2.05, 4.69) is 24.5 Å². The Morgan fingerprint density at radius 2 is 2.29 bits per heavy atom. The molecule has 0 saturated carbocycles. The lowest BCUT2D eigenvalue weighted by Gasteiger charge is -2.23. The maximum atomic E-state index is 5.39. The minimum Gasteiger partial charge on any atom is -0.379 e. The van der Waals surface area contributed by atoms with Gasteiger partial charge in [-0.05, 0) is 31.8 Å². The van der Waals surface area contributed by atoms with E-state index in [1.807, 2.05) is 0 Å². The van der Waals surface area contributed by atoms with E-state index in [1.165, 1.54) is 12.8 Å². The molecule has 0 aromatic heterocycles. The number of ether oxygens (including phenoxy) is 1. The lowest BCUT2D eigenvalue weighted by molar-refractivity contribution is 0.0742. The summed E-state index contributed by atoms with van der Waals surface area (Å²) in [6.45, 7) is 9.54. The smallest absolute Gasteiger partial charge is 0.0620 e. The van der Waals surface area contributed by atoms with Crippen molar-refractivity contribution in [2.24, 2.45) is 5.92 Å². The van der Waals surface area contributed by atoms with Crippen LogP contribution in [-0.2, 0) is 4.74 Å². The van der Waals surface area contributed by atoms with Crippen LogP contribution in [0.4, 0.5) is 0 Å². The molecule has 0 radical (unpaired) electrons. The summed E-state index contributed by atoms with van der Waals surface area (Å²) in [5.41, 5.74) is 0. The summed E-state index contributed by atoms with van der Waals surface area (Å²) in [4.78, 5) is 0. The van der Waals surface area contributed by atoms with Gasteiger partial charge in [-0.25, -0.2) is 0 Å². The Morgan fingerprint density at radius 1 is 1.43 bits per heavy atom. The minimum absolute atomic E-state index is 0.565. The Morgan fingerprint density at radius 3 is 2.93 bits per heavy atom. The molecular weight excluding hydrogens is 176 g/mol. The van der Waals surface area contributed by atoms with Gasteiger partial charge in [0.15, 0.2) is 0 Å². The fraction of sp³-hybridized carbons (Fsp3) is 1.00. The van der Waals surface area contributed by atoms with Crippen molar-refractivity contribution in [1.29, 1.82) is 0 Å². The zero-order chi connectivity index (χ0) is 10.2. The number of morpholine rings is 1. The molecule has 0 aromatic rings. The van der Waals surface area contributed by atoms with Crippen molar-refractivity contribution < 1.29 is 4.74 Å². The van der Waals surface area contributed by atoms with E-state index in [0.717, 1.165) is 38.8 Å². The number of hydrogen-bond acceptors (Lipinski definition) is 3. The summed E-state index contributed by atoms with van der Waals surface area (Å²) in [6, 6.07) is 0.565. The molecule has 3 heteroatoms. The van der Waals surface area contributed by atoms with Crippen LogP contribution in [0.5, 0.6) is 0 Å². The van der Waals surface area contributed by atoms with Gasteiger partial charge in [-0.3, -0.25) is 0 Å². The normalized spacial score (nSPS) is 22.9. The van der Waals surface area contributed by atoms with Crippen molar-refractivity contribution in [2.75, 3.05) is 32.8 Å². The molecule has 84 valence electrons. The Hall–Kier alpha value is -0.120. The van der Waals surface area contributed by atoms with E-state index in [0.29, 0.717) is 6.04 Å². The van der Waals surface area contributed by atoms with E-state index in [1.54, 1.807) is 0 Å². The number of rotatable bonds is 6.